The molecule has 0 saturated heterocycles. The minimum atomic E-state index is -0.410. The van der Waals surface area contributed by atoms with Crippen LogP contribution in [0.5, 0.6) is 5.75 Å². The van der Waals surface area contributed by atoms with Crippen molar-refractivity contribution in [1.29, 1.82) is 0 Å². The van der Waals surface area contributed by atoms with Gasteiger partial charge in [-0.3, -0.25) is 4.79 Å². The van der Waals surface area contributed by atoms with Crippen LogP contribution in [0.4, 0.5) is 0 Å². The third kappa shape index (κ3) is 4.51. The second kappa shape index (κ2) is 7.15. The van der Waals surface area contributed by atoms with E-state index in [0.717, 1.165) is 0 Å². The number of amides is 1. The molecule has 1 heterocycles. The highest BCUT2D eigenvalue weighted by Crippen LogP contribution is 2.27. The van der Waals surface area contributed by atoms with E-state index in [-0.39, 0.29) is 6.61 Å². The molecule has 21 heavy (non-hydrogen) atoms. The summed E-state index contributed by atoms with van der Waals surface area (Å²) in [6.07, 6.45) is 1.53. The minimum Gasteiger partial charge on any atom is -0.482 e. The summed E-state index contributed by atoms with van der Waals surface area (Å²) in [7, 11) is 0. The molecular formula is C14H12Cl2N2O3. The van der Waals surface area contributed by atoms with E-state index in [0.29, 0.717) is 27.3 Å². The van der Waals surface area contributed by atoms with Crippen LogP contribution >= 0.6 is 23.2 Å². The lowest BCUT2D eigenvalue weighted by atomic mass is 10.3. The van der Waals surface area contributed by atoms with Crippen molar-refractivity contribution in [2.45, 2.75) is 6.92 Å². The van der Waals surface area contributed by atoms with Crippen LogP contribution in [0.2, 0.25) is 10.0 Å². The Morgan fingerprint density at radius 3 is 2.86 bits per heavy atom. The maximum absolute atomic E-state index is 11.6. The first kappa shape index (κ1) is 15.4. The first-order valence-corrected chi connectivity index (χ1v) is 6.76. The topological polar surface area (TPSA) is 63.8 Å². The lowest BCUT2D eigenvalue weighted by Gasteiger charge is -2.07. The molecule has 1 aromatic carbocycles. The van der Waals surface area contributed by atoms with E-state index in [1.54, 1.807) is 31.2 Å². The standard InChI is InChI=1S/C14H12Cl2N2O3/c1-9(12-3-2-6-20-12)17-18-14(19)8-21-13-5-4-10(15)7-11(13)16/h2-7H,8H2,1H3,(H,18,19)/b17-9+. The van der Waals surface area contributed by atoms with Crippen molar-refractivity contribution in [1.82, 2.24) is 5.43 Å². The molecule has 0 fully saturated rings. The SMILES string of the molecule is C/C(=N\NC(=O)COc1ccc(Cl)cc1Cl)c1ccco1. The number of rotatable bonds is 5. The fraction of sp³-hybridized carbons (Fsp3) is 0.143. The fourth-order valence-corrected chi connectivity index (χ4v) is 1.92. The van der Waals surface area contributed by atoms with Crippen molar-refractivity contribution < 1.29 is 13.9 Å². The fourth-order valence-electron chi connectivity index (χ4n) is 1.45. The maximum Gasteiger partial charge on any atom is 0.277 e. The summed E-state index contributed by atoms with van der Waals surface area (Å²) in [5.41, 5.74) is 2.92. The number of carbonyl (C=O) groups is 1. The van der Waals surface area contributed by atoms with Gasteiger partial charge in [0.15, 0.2) is 6.61 Å². The van der Waals surface area contributed by atoms with E-state index in [1.807, 2.05) is 0 Å². The van der Waals surface area contributed by atoms with Gasteiger partial charge in [0.05, 0.1) is 11.3 Å². The summed E-state index contributed by atoms with van der Waals surface area (Å²) in [4.78, 5) is 11.6. The molecule has 1 aromatic heterocycles. The molecule has 0 atom stereocenters. The molecule has 0 unspecified atom stereocenters. The first-order chi connectivity index (χ1) is 10.1. The molecule has 5 nitrogen and oxygen atoms in total. The molecule has 0 radical (unpaired) electrons. The molecule has 1 N–H and O–H groups in total. The van der Waals surface area contributed by atoms with E-state index in [1.165, 1.54) is 12.3 Å². The molecule has 7 heteroatoms. The number of hydrogen-bond donors (Lipinski definition) is 1. The molecule has 2 rings (SSSR count). The average Bonchev–Trinajstić information content (AvgIpc) is 2.98. The Balaban J connectivity index is 1.86. The normalized spacial score (nSPS) is 11.3. The second-order valence-electron chi connectivity index (χ2n) is 4.07. The van der Waals surface area contributed by atoms with Crippen LogP contribution in [0, 0.1) is 0 Å². The van der Waals surface area contributed by atoms with Gasteiger partial charge in [-0.05, 0) is 37.3 Å². The molecule has 110 valence electrons. The number of hydrogen-bond acceptors (Lipinski definition) is 4. The Morgan fingerprint density at radius 1 is 1.38 bits per heavy atom. The average molecular weight is 327 g/mol. The van der Waals surface area contributed by atoms with Gasteiger partial charge in [-0.1, -0.05) is 23.2 Å². The molecule has 0 aliphatic rings. The van der Waals surface area contributed by atoms with Crippen molar-refractivity contribution >= 4 is 34.8 Å². The summed E-state index contributed by atoms with van der Waals surface area (Å²) in [5.74, 6) is 0.548. The van der Waals surface area contributed by atoms with Crippen LogP contribution in [0.15, 0.2) is 46.1 Å². The largest absolute Gasteiger partial charge is 0.482 e. The Hall–Kier alpha value is -1.98. The summed E-state index contributed by atoms with van der Waals surface area (Å²) in [6, 6.07) is 8.24. The number of carbonyl (C=O) groups excluding carboxylic acids is 1. The lowest BCUT2D eigenvalue weighted by Crippen LogP contribution is -2.25. The van der Waals surface area contributed by atoms with E-state index < -0.39 is 5.91 Å². The quantitative estimate of drug-likeness (QED) is 0.675. The maximum atomic E-state index is 11.6. The van der Waals surface area contributed by atoms with Crippen LogP contribution in [-0.4, -0.2) is 18.2 Å². The van der Waals surface area contributed by atoms with Gasteiger partial charge in [0.1, 0.15) is 17.2 Å². The Bertz CT molecular complexity index is 654. The number of ether oxygens (including phenoxy) is 1. The molecule has 0 aliphatic heterocycles. The van der Waals surface area contributed by atoms with Crippen LogP contribution in [0.3, 0.4) is 0 Å². The van der Waals surface area contributed by atoms with Crippen LogP contribution < -0.4 is 10.2 Å². The molecule has 1 amide bonds. The van der Waals surface area contributed by atoms with Gasteiger partial charge >= 0.3 is 0 Å². The number of halogens is 2. The van der Waals surface area contributed by atoms with Gasteiger partial charge in [-0.25, -0.2) is 5.43 Å². The third-order valence-electron chi connectivity index (χ3n) is 2.48. The zero-order valence-corrected chi connectivity index (χ0v) is 12.6. The Labute approximate surface area is 131 Å². The predicted molar refractivity (Wildman–Crippen MR) is 81.0 cm³/mol. The van der Waals surface area contributed by atoms with Gasteiger partial charge in [-0.2, -0.15) is 5.10 Å². The highest BCUT2D eigenvalue weighted by molar-refractivity contribution is 6.35. The molecule has 0 aliphatic carbocycles. The van der Waals surface area contributed by atoms with Crippen LogP contribution in [0.25, 0.3) is 0 Å². The molecule has 2 aromatic rings. The summed E-state index contributed by atoms with van der Waals surface area (Å²) in [6.45, 7) is 1.51. The van der Waals surface area contributed by atoms with E-state index in [9.17, 15) is 4.79 Å². The van der Waals surface area contributed by atoms with Gasteiger partial charge in [0.2, 0.25) is 0 Å². The second-order valence-corrected chi connectivity index (χ2v) is 4.92. The van der Waals surface area contributed by atoms with Crippen molar-refractivity contribution in [3.63, 3.8) is 0 Å². The van der Waals surface area contributed by atoms with E-state index in [4.69, 9.17) is 32.4 Å². The summed E-state index contributed by atoms with van der Waals surface area (Å²) < 4.78 is 10.4. The van der Waals surface area contributed by atoms with E-state index >= 15 is 0 Å². The monoisotopic (exact) mass is 326 g/mol. The zero-order valence-electron chi connectivity index (χ0n) is 11.1. The number of furan rings is 1. The summed E-state index contributed by atoms with van der Waals surface area (Å²) >= 11 is 11.7. The highest BCUT2D eigenvalue weighted by atomic mass is 35.5. The van der Waals surface area contributed by atoms with Crippen molar-refractivity contribution in [2.24, 2.45) is 5.10 Å². The first-order valence-electron chi connectivity index (χ1n) is 6.01. The molecule has 0 spiro atoms. The van der Waals surface area contributed by atoms with Gasteiger partial charge < -0.3 is 9.15 Å². The number of benzene rings is 1. The Kier molecular flexibility index (Phi) is 5.25. The van der Waals surface area contributed by atoms with Crippen LogP contribution in [-0.2, 0) is 4.79 Å². The zero-order chi connectivity index (χ0) is 15.2. The Morgan fingerprint density at radius 2 is 2.19 bits per heavy atom. The molecular weight excluding hydrogens is 315 g/mol. The predicted octanol–water partition coefficient (Wildman–Crippen LogP) is 3.51. The lowest BCUT2D eigenvalue weighted by molar-refractivity contribution is -0.123. The molecule has 0 bridgehead atoms. The van der Waals surface area contributed by atoms with Crippen molar-refractivity contribution in [3.8, 4) is 5.75 Å². The van der Waals surface area contributed by atoms with Gasteiger partial charge in [-0.15, -0.1) is 0 Å². The van der Waals surface area contributed by atoms with Gasteiger partial charge in [0, 0.05) is 5.02 Å². The van der Waals surface area contributed by atoms with Crippen LogP contribution in [0.1, 0.15) is 12.7 Å². The van der Waals surface area contributed by atoms with Gasteiger partial charge in [0.25, 0.3) is 5.91 Å². The van der Waals surface area contributed by atoms with Crippen molar-refractivity contribution in [3.05, 3.63) is 52.4 Å². The minimum absolute atomic E-state index is 0.212. The number of nitrogens with zero attached hydrogens (tertiary/aromatic N) is 1. The van der Waals surface area contributed by atoms with Crippen molar-refractivity contribution in [2.75, 3.05) is 6.61 Å². The van der Waals surface area contributed by atoms with E-state index in [2.05, 4.69) is 10.5 Å². The highest BCUT2D eigenvalue weighted by Gasteiger charge is 2.07. The smallest absolute Gasteiger partial charge is 0.277 e. The molecule has 0 saturated carbocycles. The summed E-state index contributed by atoms with van der Waals surface area (Å²) in [5, 5.41) is 4.74. The third-order valence-corrected chi connectivity index (χ3v) is 3.01. The number of nitrogens with one attached hydrogen (secondary N) is 1. The number of hydrazone groups is 1.